The van der Waals surface area contributed by atoms with Crippen LogP contribution in [0.3, 0.4) is 0 Å². The Kier molecular flexibility index (Phi) is 5.77. The van der Waals surface area contributed by atoms with Crippen molar-refractivity contribution in [3.63, 3.8) is 0 Å². The summed E-state index contributed by atoms with van der Waals surface area (Å²) in [5, 5.41) is 0.496. The molecule has 1 atom stereocenters. The van der Waals surface area contributed by atoms with E-state index in [1.54, 1.807) is 25.1 Å². The van der Waals surface area contributed by atoms with E-state index in [0.29, 0.717) is 53.2 Å². The Labute approximate surface area is 207 Å². The molecule has 0 N–H and O–H groups in total. The SMILES string of the molecule is COc1ccc(CCn2c3nc4ccccc4nc3c3c(=O)n(C[C@@H]4CCCO4)cnc32)cc1OC. The molecule has 9 heteroatoms. The van der Waals surface area contributed by atoms with Crippen molar-refractivity contribution in [1.82, 2.24) is 24.1 Å². The van der Waals surface area contributed by atoms with Crippen molar-refractivity contribution in [3.05, 3.63) is 64.7 Å². The van der Waals surface area contributed by atoms with Crippen molar-refractivity contribution in [2.75, 3.05) is 20.8 Å². The van der Waals surface area contributed by atoms with Gasteiger partial charge in [0.1, 0.15) is 10.9 Å². The molecule has 0 amide bonds. The summed E-state index contributed by atoms with van der Waals surface area (Å²) in [6.07, 6.45) is 4.31. The second-order valence-electron chi connectivity index (χ2n) is 9.01. The number of rotatable bonds is 7. The summed E-state index contributed by atoms with van der Waals surface area (Å²) in [5.41, 5.74) is 4.31. The van der Waals surface area contributed by atoms with Gasteiger partial charge >= 0.3 is 0 Å². The van der Waals surface area contributed by atoms with Crippen LogP contribution in [0.25, 0.3) is 33.2 Å². The Hall–Kier alpha value is -3.98. The number of methoxy groups -OCH3 is 2. The van der Waals surface area contributed by atoms with Crippen LogP contribution < -0.4 is 15.0 Å². The van der Waals surface area contributed by atoms with Gasteiger partial charge in [0.2, 0.25) is 0 Å². The molecule has 0 spiro atoms. The molecular formula is C27H27N5O4. The van der Waals surface area contributed by atoms with Gasteiger partial charge in [0.05, 0.1) is 44.2 Å². The average molecular weight is 486 g/mol. The summed E-state index contributed by atoms with van der Waals surface area (Å²) >= 11 is 0. The molecule has 5 aromatic rings. The second kappa shape index (κ2) is 9.23. The fraction of sp³-hybridized carbons (Fsp3) is 0.333. The van der Waals surface area contributed by atoms with E-state index in [9.17, 15) is 4.79 Å². The Morgan fingerprint density at radius 2 is 1.83 bits per heavy atom. The Bertz CT molecular complexity index is 1630. The first-order chi connectivity index (χ1) is 17.7. The van der Waals surface area contributed by atoms with Gasteiger partial charge < -0.3 is 18.8 Å². The quantitative estimate of drug-likeness (QED) is 0.347. The van der Waals surface area contributed by atoms with Crippen LogP contribution in [0.1, 0.15) is 18.4 Å². The molecule has 184 valence electrons. The smallest absolute Gasteiger partial charge is 0.265 e. The molecule has 1 fully saturated rings. The zero-order valence-electron chi connectivity index (χ0n) is 20.3. The third-order valence-electron chi connectivity index (χ3n) is 6.81. The van der Waals surface area contributed by atoms with Crippen molar-refractivity contribution in [2.24, 2.45) is 0 Å². The van der Waals surface area contributed by atoms with E-state index >= 15 is 0 Å². The molecule has 9 nitrogen and oxygen atoms in total. The summed E-state index contributed by atoms with van der Waals surface area (Å²) in [6.45, 7) is 1.80. The summed E-state index contributed by atoms with van der Waals surface area (Å²) in [4.78, 5) is 28.2. The third kappa shape index (κ3) is 3.85. The van der Waals surface area contributed by atoms with Gasteiger partial charge in [-0.15, -0.1) is 0 Å². The van der Waals surface area contributed by atoms with Gasteiger partial charge in [0.25, 0.3) is 5.56 Å². The lowest BCUT2D eigenvalue weighted by molar-refractivity contribution is 0.0960. The van der Waals surface area contributed by atoms with Crippen LogP contribution in [-0.2, 0) is 24.2 Å². The maximum atomic E-state index is 13.7. The van der Waals surface area contributed by atoms with Gasteiger partial charge in [0.15, 0.2) is 22.8 Å². The van der Waals surface area contributed by atoms with Gasteiger partial charge in [-0.2, -0.15) is 0 Å². The molecule has 1 aliphatic heterocycles. The highest BCUT2D eigenvalue weighted by atomic mass is 16.5. The molecule has 0 bridgehead atoms. The van der Waals surface area contributed by atoms with E-state index in [2.05, 4.69) is 0 Å². The zero-order valence-corrected chi connectivity index (χ0v) is 20.3. The molecule has 0 unspecified atom stereocenters. The van der Waals surface area contributed by atoms with Gasteiger partial charge in [-0.1, -0.05) is 18.2 Å². The molecule has 2 aromatic carbocycles. The van der Waals surface area contributed by atoms with E-state index in [1.807, 2.05) is 47.0 Å². The molecular weight excluding hydrogens is 458 g/mol. The number of benzene rings is 2. The van der Waals surface area contributed by atoms with Crippen LogP contribution in [0.5, 0.6) is 11.5 Å². The van der Waals surface area contributed by atoms with Crippen molar-refractivity contribution >= 4 is 33.2 Å². The van der Waals surface area contributed by atoms with Crippen molar-refractivity contribution in [3.8, 4) is 11.5 Å². The number of aromatic nitrogens is 5. The molecule has 3 aromatic heterocycles. The van der Waals surface area contributed by atoms with Crippen molar-refractivity contribution < 1.29 is 14.2 Å². The Morgan fingerprint density at radius 1 is 1.03 bits per heavy atom. The summed E-state index contributed by atoms with van der Waals surface area (Å²) in [7, 11) is 3.25. The van der Waals surface area contributed by atoms with Crippen LogP contribution in [0.4, 0.5) is 0 Å². The average Bonchev–Trinajstić information content (AvgIpc) is 3.53. The van der Waals surface area contributed by atoms with Gasteiger partial charge in [-0.05, 0) is 49.1 Å². The number of ether oxygens (including phenoxy) is 3. The van der Waals surface area contributed by atoms with E-state index in [4.69, 9.17) is 29.2 Å². The van der Waals surface area contributed by atoms with Crippen LogP contribution in [0, 0.1) is 0 Å². The number of nitrogens with zero attached hydrogens (tertiary/aromatic N) is 5. The first-order valence-electron chi connectivity index (χ1n) is 12.1. The van der Waals surface area contributed by atoms with E-state index < -0.39 is 0 Å². The zero-order chi connectivity index (χ0) is 24.6. The molecule has 4 heterocycles. The van der Waals surface area contributed by atoms with Crippen LogP contribution in [0.15, 0.2) is 53.6 Å². The van der Waals surface area contributed by atoms with E-state index in [0.717, 1.165) is 36.0 Å². The largest absolute Gasteiger partial charge is 0.493 e. The highest BCUT2D eigenvalue weighted by molar-refractivity contribution is 6.04. The predicted molar refractivity (Wildman–Crippen MR) is 137 cm³/mol. The highest BCUT2D eigenvalue weighted by Crippen LogP contribution is 2.29. The number of fused-ring (bicyclic) bond motifs is 4. The van der Waals surface area contributed by atoms with E-state index in [1.165, 1.54) is 0 Å². The fourth-order valence-corrected chi connectivity index (χ4v) is 4.97. The maximum Gasteiger partial charge on any atom is 0.265 e. The first kappa shape index (κ1) is 22.5. The minimum atomic E-state index is -0.116. The standard InChI is InChI=1S/C27H27N5O4/c1-34-21-10-9-17(14-22(21)35-2)11-12-32-25-23(24-26(32)30-20-8-4-3-7-19(20)29-24)27(33)31(16-28-25)15-18-6-5-13-36-18/h3-4,7-10,14,16,18H,5-6,11-13,15H2,1-2H3/t18-/m0/s1. The number of hydrogen-bond donors (Lipinski definition) is 0. The lowest BCUT2D eigenvalue weighted by Crippen LogP contribution is -2.26. The Balaban J connectivity index is 1.47. The normalized spacial score (nSPS) is 15.8. The predicted octanol–water partition coefficient (Wildman–Crippen LogP) is 3.73. The van der Waals surface area contributed by atoms with Gasteiger partial charge in [0, 0.05) is 13.2 Å². The van der Waals surface area contributed by atoms with Crippen molar-refractivity contribution in [2.45, 2.75) is 38.5 Å². The molecule has 1 aliphatic rings. The molecule has 6 rings (SSSR count). The van der Waals surface area contributed by atoms with E-state index in [-0.39, 0.29) is 11.7 Å². The van der Waals surface area contributed by atoms with Crippen molar-refractivity contribution in [1.29, 1.82) is 0 Å². The summed E-state index contributed by atoms with van der Waals surface area (Å²) in [6, 6.07) is 13.6. The molecule has 36 heavy (non-hydrogen) atoms. The lowest BCUT2D eigenvalue weighted by Gasteiger charge is -2.12. The molecule has 0 radical (unpaired) electrons. The number of hydrogen-bond acceptors (Lipinski definition) is 7. The Morgan fingerprint density at radius 3 is 2.58 bits per heavy atom. The fourth-order valence-electron chi connectivity index (χ4n) is 4.97. The minimum absolute atomic E-state index is 0.0345. The van der Waals surface area contributed by atoms with Crippen LogP contribution in [-0.4, -0.2) is 51.0 Å². The van der Waals surface area contributed by atoms with Gasteiger partial charge in [-0.25, -0.2) is 15.0 Å². The first-order valence-corrected chi connectivity index (χ1v) is 12.1. The molecule has 0 aliphatic carbocycles. The number of aryl methyl sites for hydroxylation is 2. The molecule has 1 saturated heterocycles. The minimum Gasteiger partial charge on any atom is -0.493 e. The highest BCUT2D eigenvalue weighted by Gasteiger charge is 2.22. The lowest BCUT2D eigenvalue weighted by atomic mass is 10.1. The number of para-hydroxylation sites is 2. The van der Waals surface area contributed by atoms with Crippen LogP contribution in [0.2, 0.25) is 0 Å². The monoisotopic (exact) mass is 485 g/mol. The van der Waals surface area contributed by atoms with Crippen LogP contribution >= 0.6 is 0 Å². The second-order valence-corrected chi connectivity index (χ2v) is 9.01. The maximum absolute atomic E-state index is 13.7. The third-order valence-corrected chi connectivity index (χ3v) is 6.81. The van der Waals surface area contributed by atoms with Gasteiger partial charge in [-0.3, -0.25) is 9.36 Å². The summed E-state index contributed by atoms with van der Waals surface area (Å²) in [5.74, 6) is 1.36. The topological polar surface area (TPSA) is 93.3 Å². The summed E-state index contributed by atoms with van der Waals surface area (Å²) < 4.78 is 20.2. The molecule has 0 saturated carbocycles.